The van der Waals surface area contributed by atoms with Crippen LogP contribution in [0.5, 0.6) is 11.5 Å². The summed E-state index contributed by atoms with van der Waals surface area (Å²) >= 11 is 0. The van der Waals surface area contributed by atoms with Gasteiger partial charge >= 0.3 is 0 Å². The van der Waals surface area contributed by atoms with Crippen molar-refractivity contribution >= 4 is 18.0 Å². The van der Waals surface area contributed by atoms with Crippen LogP contribution in [0.2, 0.25) is 0 Å². The number of benzene rings is 2. The van der Waals surface area contributed by atoms with E-state index in [0.717, 1.165) is 5.56 Å². The highest BCUT2D eigenvalue weighted by molar-refractivity contribution is 5.96. The largest absolute Gasteiger partial charge is 0.497 e. The number of ether oxygens (including phenoxy) is 2. The van der Waals surface area contributed by atoms with Crippen LogP contribution in [0, 0.1) is 0 Å². The van der Waals surface area contributed by atoms with Crippen LogP contribution in [0.25, 0.3) is 0 Å². The normalized spacial score (nSPS) is 10.3. The van der Waals surface area contributed by atoms with Crippen LogP contribution < -0.4 is 20.2 Å². The molecular weight excluding hydrogens is 322 g/mol. The van der Waals surface area contributed by atoms with Crippen LogP contribution in [-0.4, -0.2) is 38.8 Å². The number of nitrogens with zero attached hydrogens (tertiary/aromatic N) is 1. The molecule has 0 unspecified atom stereocenters. The van der Waals surface area contributed by atoms with Crippen molar-refractivity contribution < 1.29 is 19.1 Å². The van der Waals surface area contributed by atoms with Gasteiger partial charge in [-0.2, -0.15) is 5.10 Å². The Kier molecular flexibility index (Phi) is 6.53. The van der Waals surface area contributed by atoms with Gasteiger partial charge in [-0.25, -0.2) is 5.43 Å². The molecule has 2 N–H and O–H groups in total. The van der Waals surface area contributed by atoms with Gasteiger partial charge in [0.15, 0.2) is 0 Å². The average Bonchev–Trinajstić information content (AvgIpc) is 2.66. The molecule has 130 valence electrons. The first-order valence-corrected chi connectivity index (χ1v) is 7.51. The van der Waals surface area contributed by atoms with E-state index in [2.05, 4.69) is 15.8 Å². The first-order chi connectivity index (χ1) is 12.1. The SMILES string of the molecule is COc1ccc(C(=O)NCC(=O)NN=Cc2ccccc2OC)cc1. The van der Waals surface area contributed by atoms with Crippen molar-refractivity contribution in [2.24, 2.45) is 5.10 Å². The van der Waals surface area contributed by atoms with E-state index in [1.54, 1.807) is 50.6 Å². The minimum absolute atomic E-state index is 0.186. The van der Waals surface area contributed by atoms with E-state index in [0.29, 0.717) is 17.1 Å². The molecule has 2 aromatic carbocycles. The van der Waals surface area contributed by atoms with E-state index in [9.17, 15) is 9.59 Å². The van der Waals surface area contributed by atoms with Crippen LogP contribution in [0.3, 0.4) is 0 Å². The molecular formula is C18H19N3O4. The van der Waals surface area contributed by atoms with Crippen molar-refractivity contribution in [3.8, 4) is 11.5 Å². The minimum atomic E-state index is -0.437. The third kappa shape index (κ3) is 5.35. The molecule has 2 rings (SSSR count). The second-order valence-corrected chi connectivity index (χ2v) is 4.95. The monoisotopic (exact) mass is 341 g/mol. The molecule has 0 radical (unpaired) electrons. The Balaban J connectivity index is 1.81. The lowest BCUT2D eigenvalue weighted by atomic mass is 10.2. The van der Waals surface area contributed by atoms with E-state index in [1.807, 2.05) is 12.1 Å². The summed E-state index contributed by atoms with van der Waals surface area (Å²) in [5.41, 5.74) is 3.51. The fourth-order valence-electron chi connectivity index (χ4n) is 1.99. The molecule has 0 spiro atoms. The summed E-state index contributed by atoms with van der Waals surface area (Å²) < 4.78 is 10.2. The lowest BCUT2D eigenvalue weighted by Crippen LogP contribution is -2.34. The summed E-state index contributed by atoms with van der Waals surface area (Å²) in [4.78, 5) is 23.7. The van der Waals surface area contributed by atoms with Gasteiger partial charge in [0.2, 0.25) is 0 Å². The maximum atomic E-state index is 11.9. The maximum absolute atomic E-state index is 11.9. The first kappa shape index (κ1) is 18.0. The second kappa shape index (κ2) is 9.07. The number of amides is 2. The van der Waals surface area contributed by atoms with Crippen molar-refractivity contribution in [1.82, 2.24) is 10.7 Å². The van der Waals surface area contributed by atoms with Crippen molar-refractivity contribution in [3.63, 3.8) is 0 Å². The number of carbonyl (C=O) groups is 2. The molecule has 0 fully saturated rings. The van der Waals surface area contributed by atoms with Crippen molar-refractivity contribution in [1.29, 1.82) is 0 Å². The summed E-state index contributed by atoms with van der Waals surface area (Å²) in [6.45, 7) is -0.186. The molecule has 0 aromatic heterocycles. The number of hydrogen-bond donors (Lipinski definition) is 2. The molecule has 0 bridgehead atoms. The topological polar surface area (TPSA) is 89.0 Å². The number of hydrogen-bond acceptors (Lipinski definition) is 5. The maximum Gasteiger partial charge on any atom is 0.259 e. The molecule has 0 heterocycles. The summed E-state index contributed by atoms with van der Waals surface area (Å²) in [6, 6.07) is 13.8. The molecule has 7 heteroatoms. The van der Waals surface area contributed by atoms with Crippen LogP contribution in [0.4, 0.5) is 0 Å². The van der Waals surface area contributed by atoms with Crippen LogP contribution in [0.15, 0.2) is 53.6 Å². The molecule has 0 saturated heterocycles. The third-order valence-electron chi connectivity index (χ3n) is 3.29. The molecule has 0 aliphatic carbocycles. The molecule has 7 nitrogen and oxygen atoms in total. The van der Waals surface area contributed by atoms with Crippen molar-refractivity contribution in [3.05, 3.63) is 59.7 Å². The zero-order valence-corrected chi connectivity index (χ0v) is 14.0. The Morgan fingerprint density at radius 3 is 2.44 bits per heavy atom. The van der Waals surface area contributed by atoms with E-state index >= 15 is 0 Å². The fourth-order valence-corrected chi connectivity index (χ4v) is 1.99. The molecule has 2 aromatic rings. The highest BCUT2D eigenvalue weighted by Gasteiger charge is 2.07. The van der Waals surface area contributed by atoms with Gasteiger partial charge in [-0.3, -0.25) is 9.59 Å². The lowest BCUT2D eigenvalue weighted by molar-refractivity contribution is -0.120. The molecule has 0 aliphatic heterocycles. The summed E-state index contributed by atoms with van der Waals surface area (Å²) in [6.07, 6.45) is 1.47. The van der Waals surface area contributed by atoms with E-state index < -0.39 is 5.91 Å². The smallest absolute Gasteiger partial charge is 0.259 e. The standard InChI is InChI=1S/C18H19N3O4/c1-24-15-9-7-13(8-10-15)18(23)19-12-17(22)21-20-11-14-5-3-4-6-16(14)25-2/h3-11H,12H2,1-2H3,(H,19,23)(H,21,22). The van der Waals surface area contributed by atoms with Crippen LogP contribution in [-0.2, 0) is 4.79 Å². The first-order valence-electron chi connectivity index (χ1n) is 7.51. The molecule has 25 heavy (non-hydrogen) atoms. The molecule has 2 amide bonds. The predicted octanol–water partition coefficient (Wildman–Crippen LogP) is 1.58. The lowest BCUT2D eigenvalue weighted by Gasteiger charge is -2.06. The predicted molar refractivity (Wildman–Crippen MR) is 94.1 cm³/mol. The van der Waals surface area contributed by atoms with Crippen LogP contribution in [0.1, 0.15) is 15.9 Å². The molecule has 0 saturated carbocycles. The van der Waals surface area contributed by atoms with Crippen molar-refractivity contribution in [2.45, 2.75) is 0 Å². The second-order valence-electron chi connectivity index (χ2n) is 4.95. The number of hydrazone groups is 1. The van der Waals surface area contributed by atoms with E-state index in [1.165, 1.54) is 6.21 Å². The molecule has 0 aliphatic rings. The Bertz CT molecular complexity index is 757. The summed E-state index contributed by atoms with van der Waals surface area (Å²) in [5.74, 6) is 0.507. The van der Waals surface area contributed by atoms with Crippen LogP contribution >= 0.6 is 0 Å². The fraction of sp³-hybridized carbons (Fsp3) is 0.167. The van der Waals surface area contributed by atoms with Gasteiger partial charge in [0.1, 0.15) is 11.5 Å². The van der Waals surface area contributed by atoms with Gasteiger partial charge in [-0.05, 0) is 36.4 Å². The van der Waals surface area contributed by atoms with E-state index in [-0.39, 0.29) is 12.5 Å². The van der Waals surface area contributed by atoms with Crippen molar-refractivity contribution in [2.75, 3.05) is 20.8 Å². The Morgan fingerprint density at radius 1 is 1.04 bits per heavy atom. The number of para-hydroxylation sites is 1. The number of methoxy groups -OCH3 is 2. The highest BCUT2D eigenvalue weighted by atomic mass is 16.5. The number of carbonyl (C=O) groups excluding carboxylic acids is 2. The Labute approximate surface area is 145 Å². The zero-order chi connectivity index (χ0) is 18.1. The summed E-state index contributed by atoms with van der Waals surface area (Å²) in [7, 11) is 3.10. The summed E-state index contributed by atoms with van der Waals surface area (Å²) in [5, 5.41) is 6.37. The van der Waals surface area contributed by atoms with E-state index in [4.69, 9.17) is 9.47 Å². The Hall–Kier alpha value is -3.35. The van der Waals surface area contributed by atoms with Gasteiger partial charge in [-0.1, -0.05) is 12.1 Å². The quantitative estimate of drug-likeness (QED) is 0.591. The van der Waals surface area contributed by atoms with Gasteiger partial charge in [0, 0.05) is 11.1 Å². The van der Waals surface area contributed by atoms with Gasteiger partial charge in [0.25, 0.3) is 11.8 Å². The third-order valence-corrected chi connectivity index (χ3v) is 3.29. The van der Waals surface area contributed by atoms with Gasteiger partial charge in [0.05, 0.1) is 27.0 Å². The zero-order valence-electron chi connectivity index (χ0n) is 14.0. The Morgan fingerprint density at radius 2 is 1.76 bits per heavy atom. The highest BCUT2D eigenvalue weighted by Crippen LogP contribution is 2.14. The van der Waals surface area contributed by atoms with Gasteiger partial charge in [-0.15, -0.1) is 0 Å². The average molecular weight is 341 g/mol. The minimum Gasteiger partial charge on any atom is -0.497 e. The molecule has 0 atom stereocenters. The number of nitrogens with one attached hydrogen (secondary N) is 2. The number of rotatable bonds is 7. The van der Waals surface area contributed by atoms with Gasteiger partial charge < -0.3 is 14.8 Å².